The SMILES string of the molecule is CN(Cc1ccccc1)c1ccc(NC(=O)N2CCN(c3nccs3)CC2)cc1. The summed E-state index contributed by atoms with van der Waals surface area (Å²) in [6.07, 6.45) is 1.82. The largest absolute Gasteiger partial charge is 0.370 e. The number of piperazine rings is 1. The van der Waals surface area contributed by atoms with Crippen molar-refractivity contribution in [3.05, 3.63) is 71.7 Å². The van der Waals surface area contributed by atoms with Gasteiger partial charge in [-0.05, 0) is 29.8 Å². The predicted octanol–water partition coefficient (Wildman–Crippen LogP) is 4.13. The highest BCUT2D eigenvalue weighted by molar-refractivity contribution is 7.13. The Labute approximate surface area is 175 Å². The van der Waals surface area contributed by atoms with Crippen molar-refractivity contribution in [2.45, 2.75) is 6.54 Å². The maximum absolute atomic E-state index is 12.6. The lowest BCUT2D eigenvalue weighted by Gasteiger charge is -2.34. The van der Waals surface area contributed by atoms with Crippen molar-refractivity contribution >= 4 is 33.9 Å². The molecular formula is C22H25N5OS. The fourth-order valence-electron chi connectivity index (χ4n) is 3.42. The van der Waals surface area contributed by atoms with Crippen LogP contribution in [0.15, 0.2) is 66.2 Å². The lowest BCUT2D eigenvalue weighted by Crippen LogP contribution is -2.50. The topological polar surface area (TPSA) is 51.7 Å². The van der Waals surface area contributed by atoms with Crippen molar-refractivity contribution < 1.29 is 4.79 Å². The van der Waals surface area contributed by atoms with Gasteiger partial charge in [-0.3, -0.25) is 0 Å². The number of nitrogens with one attached hydrogen (secondary N) is 1. The molecule has 0 unspecified atom stereocenters. The molecule has 0 atom stereocenters. The fourth-order valence-corrected chi connectivity index (χ4v) is 4.12. The van der Waals surface area contributed by atoms with E-state index in [0.717, 1.165) is 36.1 Å². The highest BCUT2D eigenvalue weighted by atomic mass is 32.1. The highest BCUT2D eigenvalue weighted by Crippen LogP contribution is 2.21. The van der Waals surface area contributed by atoms with Gasteiger partial charge in [0, 0.05) is 62.7 Å². The van der Waals surface area contributed by atoms with Gasteiger partial charge in [-0.15, -0.1) is 11.3 Å². The quantitative estimate of drug-likeness (QED) is 0.691. The number of urea groups is 1. The molecule has 7 heteroatoms. The van der Waals surface area contributed by atoms with E-state index >= 15 is 0 Å². The Kier molecular flexibility index (Phi) is 5.95. The molecule has 2 aromatic carbocycles. The summed E-state index contributed by atoms with van der Waals surface area (Å²) >= 11 is 1.64. The van der Waals surface area contributed by atoms with Crippen LogP contribution in [0.4, 0.5) is 21.3 Å². The zero-order valence-corrected chi connectivity index (χ0v) is 17.3. The first-order chi connectivity index (χ1) is 14.2. The molecule has 2 amide bonds. The van der Waals surface area contributed by atoms with Crippen molar-refractivity contribution in [1.82, 2.24) is 9.88 Å². The van der Waals surface area contributed by atoms with Crippen LogP contribution in [0.5, 0.6) is 0 Å². The van der Waals surface area contributed by atoms with Crippen LogP contribution in [0.3, 0.4) is 0 Å². The fraction of sp³-hybridized carbons (Fsp3) is 0.273. The van der Waals surface area contributed by atoms with E-state index in [4.69, 9.17) is 0 Å². The lowest BCUT2D eigenvalue weighted by molar-refractivity contribution is 0.208. The van der Waals surface area contributed by atoms with E-state index in [9.17, 15) is 4.79 Å². The van der Waals surface area contributed by atoms with Crippen molar-refractivity contribution in [2.24, 2.45) is 0 Å². The first-order valence-corrected chi connectivity index (χ1v) is 10.6. The third kappa shape index (κ3) is 4.86. The summed E-state index contributed by atoms with van der Waals surface area (Å²) in [5, 5.41) is 6.02. The summed E-state index contributed by atoms with van der Waals surface area (Å²) in [6.45, 7) is 3.86. The van der Waals surface area contributed by atoms with E-state index in [1.165, 1.54) is 5.56 Å². The Morgan fingerprint density at radius 2 is 1.79 bits per heavy atom. The molecule has 0 saturated carbocycles. The van der Waals surface area contributed by atoms with Gasteiger partial charge in [0.25, 0.3) is 0 Å². The molecule has 6 nitrogen and oxygen atoms in total. The van der Waals surface area contributed by atoms with Gasteiger partial charge in [-0.25, -0.2) is 9.78 Å². The van der Waals surface area contributed by atoms with Gasteiger partial charge in [0.15, 0.2) is 5.13 Å². The number of carbonyl (C=O) groups is 1. The molecule has 1 aliphatic rings. The molecule has 1 aromatic heterocycles. The molecule has 29 heavy (non-hydrogen) atoms. The van der Waals surface area contributed by atoms with E-state index in [1.54, 1.807) is 11.3 Å². The van der Waals surface area contributed by atoms with E-state index in [0.29, 0.717) is 13.1 Å². The van der Waals surface area contributed by atoms with E-state index in [1.807, 2.05) is 46.8 Å². The van der Waals surface area contributed by atoms with Crippen molar-refractivity contribution in [2.75, 3.05) is 48.3 Å². The summed E-state index contributed by atoms with van der Waals surface area (Å²) in [4.78, 5) is 23.2. The van der Waals surface area contributed by atoms with Crippen LogP contribution in [-0.2, 0) is 6.54 Å². The van der Waals surface area contributed by atoms with Gasteiger partial charge >= 0.3 is 6.03 Å². The molecular weight excluding hydrogens is 382 g/mol. The molecule has 0 radical (unpaired) electrons. The average molecular weight is 408 g/mol. The maximum Gasteiger partial charge on any atom is 0.321 e. The van der Waals surface area contributed by atoms with Crippen LogP contribution in [-0.4, -0.2) is 49.1 Å². The third-order valence-corrected chi connectivity index (χ3v) is 5.91. The third-order valence-electron chi connectivity index (χ3n) is 5.08. The summed E-state index contributed by atoms with van der Waals surface area (Å²) < 4.78 is 0. The minimum Gasteiger partial charge on any atom is -0.370 e. The number of nitrogens with zero attached hydrogens (tertiary/aromatic N) is 4. The number of aromatic nitrogens is 1. The monoisotopic (exact) mass is 407 g/mol. The van der Waals surface area contributed by atoms with Crippen molar-refractivity contribution in [3.63, 3.8) is 0 Å². The number of rotatable bonds is 5. The number of hydrogen-bond acceptors (Lipinski definition) is 5. The van der Waals surface area contributed by atoms with E-state index < -0.39 is 0 Å². The minimum absolute atomic E-state index is 0.0471. The van der Waals surface area contributed by atoms with Crippen molar-refractivity contribution in [3.8, 4) is 0 Å². The van der Waals surface area contributed by atoms with Gasteiger partial charge in [-0.1, -0.05) is 30.3 Å². The first kappa shape index (κ1) is 19.3. The predicted molar refractivity (Wildman–Crippen MR) is 120 cm³/mol. The maximum atomic E-state index is 12.6. The number of carbonyl (C=O) groups excluding carboxylic acids is 1. The van der Waals surface area contributed by atoms with Crippen molar-refractivity contribution in [1.29, 1.82) is 0 Å². The molecule has 4 rings (SSSR count). The molecule has 1 saturated heterocycles. The van der Waals surface area contributed by atoms with Gasteiger partial charge < -0.3 is 20.0 Å². The van der Waals surface area contributed by atoms with Gasteiger partial charge in [0.2, 0.25) is 0 Å². The molecule has 1 fully saturated rings. The molecule has 0 spiro atoms. The van der Waals surface area contributed by atoms with Crippen LogP contribution < -0.4 is 15.1 Å². The van der Waals surface area contributed by atoms with Crippen LogP contribution in [0.2, 0.25) is 0 Å². The molecule has 150 valence electrons. The Morgan fingerprint density at radius 3 is 2.45 bits per heavy atom. The second kappa shape index (κ2) is 8.96. The number of amides is 2. The van der Waals surface area contributed by atoms with Crippen LogP contribution >= 0.6 is 11.3 Å². The Bertz CT molecular complexity index is 906. The van der Waals surface area contributed by atoms with Crippen LogP contribution in [0, 0.1) is 0 Å². The Morgan fingerprint density at radius 1 is 1.07 bits per heavy atom. The Balaban J connectivity index is 1.29. The number of anilines is 3. The standard InChI is InChI=1S/C22H25N5OS/c1-25(17-18-5-3-2-4-6-18)20-9-7-19(8-10-20)24-21(28)26-12-14-27(15-13-26)22-23-11-16-29-22/h2-11,16H,12-15,17H2,1H3,(H,24,28). The number of thiazole rings is 1. The zero-order valence-electron chi connectivity index (χ0n) is 16.5. The molecule has 1 N–H and O–H groups in total. The minimum atomic E-state index is -0.0471. The molecule has 3 aromatic rings. The van der Waals surface area contributed by atoms with Gasteiger partial charge in [0.1, 0.15) is 0 Å². The second-order valence-electron chi connectivity index (χ2n) is 7.11. The van der Waals surface area contributed by atoms with E-state index in [-0.39, 0.29) is 6.03 Å². The lowest BCUT2D eigenvalue weighted by atomic mass is 10.2. The molecule has 2 heterocycles. The molecule has 0 bridgehead atoms. The Hall–Kier alpha value is -3.06. The second-order valence-corrected chi connectivity index (χ2v) is 7.98. The van der Waals surface area contributed by atoms with Crippen LogP contribution in [0.25, 0.3) is 0 Å². The number of hydrogen-bond donors (Lipinski definition) is 1. The van der Waals surface area contributed by atoms with Gasteiger partial charge in [0.05, 0.1) is 0 Å². The number of benzene rings is 2. The normalized spacial score (nSPS) is 14.0. The van der Waals surface area contributed by atoms with E-state index in [2.05, 4.69) is 51.4 Å². The first-order valence-electron chi connectivity index (χ1n) is 9.74. The van der Waals surface area contributed by atoms with Gasteiger partial charge in [-0.2, -0.15) is 0 Å². The summed E-state index contributed by atoms with van der Waals surface area (Å²) in [5.74, 6) is 0. The highest BCUT2D eigenvalue weighted by Gasteiger charge is 2.22. The van der Waals surface area contributed by atoms with Crippen LogP contribution in [0.1, 0.15) is 5.56 Å². The summed E-state index contributed by atoms with van der Waals surface area (Å²) in [6, 6.07) is 18.3. The zero-order chi connectivity index (χ0) is 20.1. The average Bonchev–Trinajstić information content (AvgIpc) is 3.30. The summed E-state index contributed by atoms with van der Waals surface area (Å²) in [7, 11) is 2.07. The molecule has 1 aliphatic heterocycles. The summed E-state index contributed by atoms with van der Waals surface area (Å²) in [5.41, 5.74) is 3.20. The smallest absolute Gasteiger partial charge is 0.321 e. The molecule has 0 aliphatic carbocycles.